The number of nitrogens with zero attached hydrogens (tertiary/aromatic N) is 4. The number of hydrogen-bond donors (Lipinski definition) is 2. The molecule has 18 heteroatoms. The second kappa shape index (κ2) is 15.8. The van der Waals surface area contributed by atoms with Crippen molar-refractivity contribution in [1.29, 1.82) is 0 Å². The summed E-state index contributed by atoms with van der Waals surface area (Å²) in [5.74, 6) is -3.81. The molecule has 0 saturated carbocycles. The predicted molar refractivity (Wildman–Crippen MR) is 176 cm³/mol. The van der Waals surface area contributed by atoms with E-state index in [1.807, 2.05) is 0 Å². The Kier molecular flexibility index (Phi) is 11.5. The van der Waals surface area contributed by atoms with Crippen LogP contribution < -0.4 is 9.47 Å². The third kappa shape index (κ3) is 9.44. The molecule has 10 nitrogen and oxygen atoms in total. The van der Waals surface area contributed by atoms with Crippen LogP contribution in [0.5, 0.6) is 11.5 Å². The van der Waals surface area contributed by atoms with Gasteiger partial charge in [-0.25, -0.2) is 13.2 Å². The van der Waals surface area contributed by atoms with Gasteiger partial charge < -0.3 is 19.7 Å². The molecule has 0 aliphatic heterocycles. The molecule has 0 aliphatic carbocycles. The van der Waals surface area contributed by atoms with Crippen LogP contribution in [0.3, 0.4) is 0 Å². The Bertz CT molecular complexity index is 2280. The van der Waals surface area contributed by atoms with Crippen molar-refractivity contribution in [3.05, 3.63) is 117 Å². The third-order valence-corrected chi connectivity index (χ3v) is 7.95. The molecule has 2 N–H and O–H groups in total. The molecule has 6 aromatic rings. The number of rotatable bonds is 11. The smallest absolute Gasteiger partial charge is 0.481 e. The lowest BCUT2D eigenvalue weighted by atomic mass is 10.1. The molecule has 4 aromatic carbocycles. The first kappa shape index (κ1) is 37.8. The summed E-state index contributed by atoms with van der Waals surface area (Å²) in [4.78, 5) is 22.1. The van der Waals surface area contributed by atoms with Gasteiger partial charge in [-0.05, 0) is 48.0 Å². The minimum Gasteiger partial charge on any atom is -0.481 e. The highest BCUT2D eigenvalue weighted by atomic mass is 35.5. The van der Waals surface area contributed by atoms with E-state index in [9.17, 15) is 35.9 Å². The van der Waals surface area contributed by atoms with Gasteiger partial charge in [-0.1, -0.05) is 35.3 Å². The van der Waals surface area contributed by atoms with Crippen molar-refractivity contribution < 1.29 is 55.6 Å². The molecule has 0 amide bonds. The number of halogens is 8. The van der Waals surface area contributed by atoms with Crippen molar-refractivity contribution in [2.45, 2.75) is 32.3 Å². The predicted octanol–water partition coefficient (Wildman–Crippen LogP) is 8.21. The summed E-state index contributed by atoms with van der Waals surface area (Å²) < 4.78 is 88.4. The van der Waals surface area contributed by atoms with Gasteiger partial charge in [0.25, 0.3) is 0 Å². The summed E-state index contributed by atoms with van der Waals surface area (Å²) in [5, 5.41) is 28.3. The highest BCUT2D eigenvalue weighted by Crippen LogP contribution is 2.30. The number of aromatic nitrogens is 4. The van der Waals surface area contributed by atoms with Crippen LogP contribution in [0, 0.1) is 11.6 Å². The number of carboxylic acid groups (broad SMARTS) is 2. The molecule has 0 spiro atoms. The van der Waals surface area contributed by atoms with Crippen molar-refractivity contribution in [3.63, 3.8) is 0 Å². The summed E-state index contributed by atoms with van der Waals surface area (Å²) in [6, 6.07) is 16.2. The van der Waals surface area contributed by atoms with Gasteiger partial charge >= 0.3 is 18.3 Å². The number of ether oxygens (including phenoxy) is 2. The number of aliphatic carboxylic acids is 2. The quantitative estimate of drug-likeness (QED) is 0.126. The first-order valence-electron chi connectivity index (χ1n) is 14.8. The summed E-state index contributed by atoms with van der Waals surface area (Å²) in [6.07, 6.45) is -5.54. The number of fused-ring (bicyclic) bond motifs is 2. The number of carboxylic acids is 2. The van der Waals surface area contributed by atoms with E-state index in [-0.39, 0.29) is 48.6 Å². The van der Waals surface area contributed by atoms with Crippen LogP contribution in [0.4, 0.5) is 26.3 Å². The monoisotopic (exact) mass is 768 g/mol. The van der Waals surface area contributed by atoms with Gasteiger partial charge in [0.15, 0.2) is 0 Å². The first-order valence-corrected chi connectivity index (χ1v) is 15.6. The highest BCUT2D eigenvalue weighted by molar-refractivity contribution is 6.35. The lowest BCUT2D eigenvalue weighted by Crippen LogP contribution is -2.17. The van der Waals surface area contributed by atoms with Gasteiger partial charge in [0, 0.05) is 44.6 Å². The average molecular weight is 769 g/mol. The van der Waals surface area contributed by atoms with E-state index < -0.39 is 42.5 Å². The maximum Gasteiger partial charge on any atom is 0.573 e. The Labute approximate surface area is 299 Å². The molecule has 2 aromatic heterocycles. The van der Waals surface area contributed by atoms with Crippen LogP contribution >= 0.6 is 23.2 Å². The van der Waals surface area contributed by atoms with E-state index in [0.29, 0.717) is 37.4 Å². The SMILES string of the molecule is O=C(O)Cc1nn(Cc2ccc(Cl)cc2Cl)c2cc(OC(F)(F)F)ccc12.O=C(O)Cc1nn(Cc2ccc(F)cc2F)c2cc(OCF)ccc12. The molecule has 0 saturated heterocycles. The second-order valence-electron chi connectivity index (χ2n) is 11.0. The molecule has 0 radical (unpaired) electrons. The second-order valence-corrected chi connectivity index (χ2v) is 11.8. The van der Waals surface area contributed by atoms with E-state index in [4.69, 9.17) is 38.2 Å². The fraction of sp³-hybridized carbons (Fsp3) is 0.176. The standard InChI is InChI=1S/C17H11Cl2F3N2O3.C17H13F3N2O3/c18-10-2-1-9(13(19)5-10)8-24-15-6-11(27-17(20,21)22)3-4-12(15)14(23-24)7-16(25)26;18-9-25-12-3-4-13-15(7-17(23)24)21-22(16(13)6-12)8-10-1-2-11(19)5-14(10)20/h1-6H,7-8H2,(H,25,26);1-6H,7-9H2,(H,23,24). The maximum absolute atomic E-state index is 13.9. The molecule has 0 bridgehead atoms. The molecule has 0 atom stereocenters. The number of alkyl halides is 4. The van der Waals surface area contributed by atoms with Crippen molar-refractivity contribution >= 4 is 56.9 Å². The molecule has 6 rings (SSSR count). The van der Waals surface area contributed by atoms with Crippen LogP contribution in [-0.2, 0) is 35.5 Å². The van der Waals surface area contributed by atoms with Gasteiger partial charge in [0.2, 0.25) is 6.86 Å². The van der Waals surface area contributed by atoms with Crippen LogP contribution in [0.2, 0.25) is 10.0 Å². The minimum atomic E-state index is -4.85. The van der Waals surface area contributed by atoms with E-state index in [0.717, 1.165) is 24.3 Å². The highest BCUT2D eigenvalue weighted by Gasteiger charge is 2.31. The van der Waals surface area contributed by atoms with Crippen LogP contribution in [0.15, 0.2) is 72.8 Å². The van der Waals surface area contributed by atoms with Gasteiger partial charge in [-0.2, -0.15) is 10.2 Å². The van der Waals surface area contributed by atoms with E-state index >= 15 is 0 Å². The van der Waals surface area contributed by atoms with Crippen molar-refractivity contribution in [3.8, 4) is 11.5 Å². The van der Waals surface area contributed by atoms with Crippen molar-refractivity contribution in [2.75, 3.05) is 6.86 Å². The van der Waals surface area contributed by atoms with Crippen LogP contribution in [0.1, 0.15) is 22.5 Å². The fourth-order valence-corrected chi connectivity index (χ4v) is 5.67. The molecular formula is C34H24Cl2F6N4O6. The first-order chi connectivity index (χ1) is 24.6. The molecule has 272 valence electrons. The van der Waals surface area contributed by atoms with Crippen molar-refractivity contribution in [1.82, 2.24) is 19.6 Å². The van der Waals surface area contributed by atoms with Gasteiger partial charge in [-0.15, -0.1) is 13.2 Å². The summed E-state index contributed by atoms with van der Waals surface area (Å²) in [5.41, 5.74) is 2.07. The Morgan fingerprint density at radius 2 is 1.27 bits per heavy atom. The topological polar surface area (TPSA) is 129 Å². The number of carbonyl (C=O) groups is 2. The lowest BCUT2D eigenvalue weighted by Gasteiger charge is -2.10. The van der Waals surface area contributed by atoms with Gasteiger partial charge in [0.05, 0.1) is 48.4 Å². The third-order valence-electron chi connectivity index (χ3n) is 7.36. The molecular weight excluding hydrogens is 745 g/mol. The molecule has 52 heavy (non-hydrogen) atoms. The molecule has 0 fully saturated rings. The lowest BCUT2D eigenvalue weighted by molar-refractivity contribution is -0.274. The van der Waals surface area contributed by atoms with Gasteiger partial charge in [0.1, 0.15) is 23.1 Å². The van der Waals surface area contributed by atoms with E-state index in [2.05, 4.69) is 14.9 Å². The Hall–Kier alpha value is -5.48. The van der Waals surface area contributed by atoms with Gasteiger partial charge in [-0.3, -0.25) is 19.0 Å². The molecule has 0 unspecified atom stereocenters. The average Bonchev–Trinajstić information content (AvgIpc) is 3.55. The zero-order valence-electron chi connectivity index (χ0n) is 26.3. The van der Waals surface area contributed by atoms with E-state index in [1.165, 1.54) is 39.7 Å². The molecule has 2 heterocycles. The zero-order chi connectivity index (χ0) is 37.7. The normalized spacial score (nSPS) is 11.4. The van der Waals surface area contributed by atoms with Crippen LogP contribution in [0.25, 0.3) is 21.8 Å². The largest absolute Gasteiger partial charge is 0.573 e. The maximum atomic E-state index is 13.9. The number of hydrogen-bond acceptors (Lipinski definition) is 6. The van der Waals surface area contributed by atoms with Crippen LogP contribution in [-0.4, -0.2) is 54.9 Å². The Balaban J connectivity index is 0.000000202. The minimum absolute atomic E-state index is 0.0404. The summed E-state index contributed by atoms with van der Waals surface area (Å²) in [6.45, 7) is -0.947. The Morgan fingerprint density at radius 1 is 0.731 bits per heavy atom. The number of benzene rings is 4. The fourth-order valence-electron chi connectivity index (χ4n) is 5.21. The summed E-state index contributed by atoms with van der Waals surface area (Å²) >= 11 is 12.0. The Morgan fingerprint density at radius 3 is 1.79 bits per heavy atom. The molecule has 0 aliphatic rings. The van der Waals surface area contributed by atoms with E-state index in [1.54, 1.807) is 18.2 Å². The zero-order valence-corrected chi connectivity index (χ0v) is 27.8. The summed E-state index contributed by atoms with van der Waals surface area (Å²) in [7, 11) is 0. The van der Waals surface area contributed by atoms with Crippen molar-refractivity contribution in [2.24, 2.45) is 0 Å².